The molecule has 0 unspecified atom stereocenters. The minimum atomic E-state index is -0.880. The fourth-order valence-corrected chi connectivity index (χ4v) is 14.7. The van der Waals surface area contributed by atoms with Gasteiger partial charge in [0, 0.05) is 12.5 Å². The largest absolute Gasteiger partial charge is 0.481 e. The van der Waals surface area contributed by atoms with E-state index in [1.54, 1.807) is 0 Å². The third kappa shape index (κ3) is 5.15. The first kappa shape index (κ1) is 36.5. The van der Waals surface area contributed by atoms with Crippen LogP contribution in [-0.4, -0.2) is 52.7 Å². The van der Waals surface area contributed by atoms with E-state index in [1.165, 1.54) is 89.3 Å². The van der Waals surface area contributed by atoms with Gasteiger partial charge in [-0.3, -0.25) is 9.59 Å². The van der Waals surface area contributed by atoms with Gasteiger partial charge in [0.05, 0.1) is 18.3 Å². The van der Waals surface area contributed by atoms with E-state index >= 15 is 0 Å². The Kier molecular flexibility index (Phi) is 8.81. The molecule has 6 fully saturated rings. The summed E-state index contributed by atoms with van der Waals surface area (Å²) in [4.78, 5) is 32.8. The number of carboxylic acid groups (broad SMARTS) is 1. The van der Waals surface area contributed by atoms with Crippen LogP contribution in [0, 0.1) is 62.2 Å². The summed E-state index contributed by atoms with van der Waals surface area (Å²) in [6, 6.07) is 4.35. The molecule has 0 bridgehead atoms. The standard InChI is InChI=1S/C44H68N2O4/c1-10-24-46(30-11-12-30)25-23-43-18-15-31(29(2)3)37(43)32-13-14-33-40(7,39(32,6)19-21-43)20-22-44-41(33,8)17-16-34(42(44,9)28-45-44)50-36(49)27-38(4,5)26-35(47)48/h30-34,37H,2,10-27H2,1,3-9H3/p+1/t31-,32+,33-,34-,37+,39+,40+,41+,42+,43+,44-/m0/s1. The fourth-order valence-electron chi connectivity index (χ4n) is 14.7. The number of carbonyl (C=O) groups excluding carboxylic acids is 1. The summed E-state index contributed by atoms with van der Waals surface area (Å²) in [5.41, 5.74) is 1.15. The number of ether oxygens (including phenoxy) is 1. The lowest BCUT2D eigenvalue weighted by Gasteiger charge is -2.72. The Bertz CT molecular complexity index is 1470. The Balaban J connectivity index is 1.14. The zero-order valence-corrected chi connectivity index (χ0v) is 33.0. The molecule has 1 aliphatic heterocycles. The molecule has 0 aromatic heterocycles. The van der Waals surface area contributed by atoms with Crippen LogP contribution in [0.5, 0.6) is 0 Å². The summed E-state index contributed by atoms with van der Waals surface area (Å²) in [5, 5.41) is 9.37. The number of carbonyl (C=O) groups is 2. The van der Waals surface area contributed by atoms with Crippen molar-refractivity contribution in [2.45, 2.75) is 176 Å². The maximum Gasteiger partial charge on any atom is 0.312 e. The monoisotopic (exact) mass is 690 g/mol. The van der Waals surface area contributed by atoms with Gasteiger partial charge >= 0.3 is 17.5 Å². The number of aliphatic carboxylic acids is 1. The highest BCUT2D eigenvalue weighted by atomic mass is 16.5. The minimum absolute atomic E-state index is 0.0301. The second-order valence-electron chi connectivity index (χ2n) is 20.6. The highest BCUT2D eigenvalue weighted by Gasteiger charge is 2.85. The van der Waals surface area contributed by atoms with Crippen molar-refractivity contribution in [2.24, 2.45) is 56.2 Å². The summed E-state index contributed by atoms with van der Waals surface area (Å²) >= 11 is 0. The molecule has 278 valence electrons. The maximum absolute atomic E-state index is 13.3. The average molecular weight is 690 g/mol. The van der Waals surface area contributed by atoms with Crippen LogP contribution in [0.1, 0.15) is 158 Å². The van der Waals surface area contributed by atoms with Gasteiger partial charge in [0.1, 0.15) is 6.10 Å². The second-order valence-corrected chi connectivity index (χ2v) is 20.6. The molecule has 6 aliphatic carbocycles. The van der Waals surface area contributed by atoms with Crippen LogP contribution < -0.4 is 0 Å². The Labute approximate surface area is 303 Å². The molecule has 6 saturated carbocycles. The van der Waals surface area contributed by atoms with E-state index < -0.39 is 16.8 Å². The molecule has 0 amide bonds. The summed E-state index contributed by atoms with van der Waals surface area (Å²) in [6.07, 6.45) is 17.4. The van der Waals surface area contributed by atoms with Gasteiger partial charge in [-0.2, -0.15) is 0 Å². The number of hydrogen-bond acceptors (Lipinski definition) is 4. The number of allylic oxidation sites excluding steroid dienone is 1. The molecule has 7 aliphatic rings. The van der Waals surface area contributed by atoms with Crippen molar-refractivity contribution in [1.29, 1.82) is 0 Å². The van der Waals surface area contributed by atoms with E-state index in [4.69, 9.17) is 9.58 Å². The van der Waals surface area contributed by atoms with Gasteiger partial charge in [0.15, 0.2) is 0 Å². The molecule has 1 spiro atoms. The molecular weight excluding hydrogens is 620 g/mol. The van der Waals surface area contributed by atoms with Gasteiger partial charge < -0.3 is 14.7 Å². The first-order valence-corrected chi connectivity index (χ1v) is 20.7. The zero-order chi connectivity index (χ0) is 36.1. The van der Waals surface area contributed by atoms with Crippen LogP contribution in [0.2, 0.25) is 0 Å². The van der Waals surface area contributed by atoms with Crippen LogP contribution in [0.3, 0.4) is 0 Å². The smallest absolute Gasteiger partial charge is 0.312 e. The minimum Gasteiger partial charge on any atom is -0.481 e. The molecule has 11 atom stereocenters. The van der Waals surface area contributed by atoms with E-state index in [9.17, 15) is 14.7 Å². The van der Waals surface area contributed by atoms with Crippen LogP contribution >= 0.6 is 0 Å². The van der Waals surface area contributed by atoms with Crippen LogP contribution in [0.25, 0.3) is 4.85 Å². The molecule has 6 nitrogen and oxygen atoms in total. The molecule has 0 aromatic carbocycles. The molecule has 1 heterocycles. The van der Waals surface area contributed by atoms with Crippen molar-refractivity contribution in [3.05, 3.63) is 17.0 Å². The summed E-state index contributed by atoms with van der Waals surface area (Å²) in [7, 11) is 0. The highest BCUT2D eigenvalue weighted by Crippen LogP contribution is 2.80. The van der Waals surface area contributed by atoms with Crippen molar-refractivity contribution < 1.29 is 19.4 Å². The lowest BCUT2D eigenvalue weighted by Crippen LogP contribution is -2.75. The number of hydrogen-bond donors (Lipinski definition) is 1. The third-order valence-corrected chi connectivity index (χ3v) is 17.6. The molecule has 6 heteroatoms. The Morgan fingerprint density at radius 2 is 1.62 bits per heavy atom. The van der Waals surface area contributed by atoms with E-state index in [0.29, 0.717) is 22.7 Å². The molecule has 0 aromatic rings. The Hall–Kier alpha value is -1.87. The van der Waals surface area contributed by atoms with Crippen molar-refractivity contribution >= 4 is 11.9 Å². The molecule has 7 rings (SSSR count). The Morgan fingerprint density at radius 3 is 2.24 bits per heavy atom. The number of fused-ring (bicyclic) bond motifs is 6. The van der Waals surface area contributed by atoms with Crippen molar-refractivity contribution in [2.75, 3.05) is 13.1 Å². The predicted octanol–water partition coefficient (Wildman–Crippen LogP) is 10.2. The van der Waals surface area contributed by atoms with E-state index in [1.807, 2.05) is 13.8 Å². The van der Waals surface area contributed by atoms with E-state index in [2.05, 4.69) is 59.1 Å². The molecule has 0 saturated heterocycles. The van der Waals surface area contributed by atoms with Gasteiger partial charge in [-0.05, 0) is 156 Å². The molecule has 0 radical (unpaired) electrons. The summed E-state index contributed by atoms with van der Waals surface area (Å²) < 4.78 is 6.30. The number of esters is 1. The lowest BCUT2D eigenvalue weighted by atomic mass is 9.30. The van der Waals surface area contributed by atoms with Crippen molar-refractivity contribution in [1.82, 2.24) is 4.90 Å². The van der Waals surface area contributed by atoms with Crippen LogP contribution in [0.4, 0.5) is 0 Å². The average Bonchev–Trinajstić information content (AvgIpc) is 3.79. The molecular formula is C44H69N2O4+. The van der Waals surface area contributed by atoms with Gasteiger partial charge in [-0.25, -0.2) is 0 Å². The third-order valence-electron chi connectivity index (χ3n) is 17.6. The first-order valence-electron chi connectivity index (χ1n) is 20.7. The number of nitrogens with zero attached hydrogens (tertiary/aromatic N) is 2. The van der Waals surface area contributed by atoms with Crippen molar-refractivity contribution in [3.63, 3.8) is 0 Å². The van der Waals surface area contributed by atoms with E-state index in [-0.39, 0.29) is 41.3 Å². The normalized spacial score (nSPS) is 45.8. The van der Waals surface area contributed by atoms with Crippen LogP contribution in [0.15, 0.2) is 12.2 Å². The fraction of sp³-hybridized carbons (Fsp3) is 0.886. The highest BCUT2D eigenvalue weighted by molar-refractivity contribution is 5.73. The topological polar surface area (TPSA) is 71.2 Å². The van der Waals surface area contributed by atoms with Gasteiger partial charge in [-0.1, -0.05) is 58.5 Å². The van der Waals surface area contributed by atoms with E-state index in [0.717, 1.165) is 37.1 Å². The quantitative estimate of drug-likeness (QED) is 0.163. The number of carboxylic acids is 1. The maximum atomic E-state index is 13.3. The lowest BCUT2D eigenvalue weighted by molar-refractivity contribution is -0.248. The summed E-state index contributed by atoms with van der Waals surface area (Å²) in [5.74, 6) is 1.57. The van der Waals surface area contributed by atoms with Gasteiger partial charge in [0.25, 0.3) is 6.07 Å². The van der Waals surface area contributed by atoms with Gasteiger partial charge in [0.2, 0.25) is 5.41 Å². The first-order chi connectivity index (χ1) is 23.4. The number of rotatable bonds is 12. The Morgan fingerprint density at radius 1 is 0.900 bits per heavy atom. The van der Waals surface area contributed by atoms with Crippen molar-refractivity contribution in [3.8, 4) is 6.07 Å². The summed E-state index contributed by atoms with van der Waals surface area (Å²) in [6.45, 7) is 25.8. The van der Waals surface area contributed by atoms with Crippen LogP contribution in [-0.2, 0) is 14.3 Å². The zero-order valence-electron chi connectivity index (χ0n) is 33.0. The van der Waals surface area contributed by atoms with Gasteiger partial charge in [-0.15, -0.1) is 0 Å². The SMILES string of the molecule is C=C(C)[C@@H]1CC[C@]2(CCN(CCC)C3CC3)CC[C@]3(C)[C@H](CC[C@@H]4[C@@]5(C)CC[C@H](OC(=O)CC(C)(C)CC(=O)O)[C@@]6(C)C#[N+][C@]65CC[C@]43C)[C@@H]12. The predicted molar refractivity (Wildman–Crippen MR) is 200 cm³/mol. The second kappa shape index (κ2) is 12.1. The molecule has 1 N–H and O–H groups in total. The molecule has 50 heavy (non-hydrogen) atoms.